The van der Waals surface area contributed by atoms with Crippen molar-refractivity contribution >= 4 is 11.5 Å². The van der Waals surface area contributed by atoms with Gasteiger partial charge in [0.25, 0.3) is 0 Å². The maximum absolute atomic E-state index is 6.21. The Labute approximate surface area is 163 Å². The van der Waals surface area contributed by atoms with Crippen molar-refractivity contribution in [2.24, 2.45) is 0 Å². The molecular weight excluding hydrogens is 358 g/mol. The Balaban J connectivity index is 1.27. The Hall–Kier alpha value is -3.03. The molecular formula is C20H23N5O3. The van der Waals surface area contributed by atoms with Crippen molar-refractivity contribution in [2.75, 3.05) is 31.2 Å². The monoisotopic (exact) mass is 381 g/mol. The van der Waals surface area contributed by atoms with Gasteiger partial charge >= 0.3 is 0 Å². The fraction of sp³-hybridized carbons (Fsp3) is 0.450. The standard InChI is InChI=1S/C20H23N5O3/c1-13-14(2)20(23-25-12-21-22-19(13)25)24-7-5-15(6-8-24)28-16-3-4-17-18(11-16)27-10-9-26-17/h3-4,11-12,15H,5-10H2,1-2H3. The zero-order valence-electron chi connectivity index (χ0n) is 16.1. The number of anilines is 1. The van der Waals surface area contributed by atoms with Crippen molar-refractivity contribution in [3.8, 4) is 17.2 Å². The van der Waals surface area contributed by atoms with Crippen molar-refractivity contribution < 1.29 is 14.2 Å². The van der Waals surface area contributed by atoms with Gasteiger partial charge in [-0.15, -0.1) is 15.3 Å². The molecule has 0 bridgehead atoms. The SMILES string of the molecule is Cc1c(N2CCC(Oc3ccc4c(c3)OCCO4)CC2)nn2cnnc2c1C. The number of ether oxygens (including phenoxy) is 3. The molecule has 3 aromatic rings. The van der Waals surface area contributed by atoms with E-state index in [1.165, 1.54) is 0 Å². The molecule has 1 saturated heterocycles. The lowest BCUT2D eigenvalue weighted by Crippen LogP contribution is -2.39. The molecule has 0 radical (unpaired) electrons. The second-order valence-corrected chi connectivity index (χ2v) is 7.28. The molecule has 0 amide bonds. The summed E-state index contributed by atoms with van der Waals surface area (Å²) in [6, 6.07) is 5.80. The summed E-state index contributed by atoms with van der Waals surface area (Å²) in [7, 11) is 0. The van der Waals surface area contributed by atoms with Crippen LogP contribution in [0.2, 0.25) is 0 Å². The number of aromatic nitrogens is 4. The van der Waals surface area contributed by atoms with Crippen molar-refractivity contribution in [3.63, 3.8) is 0 Å². The first-order chi connectivity index (χ1) is 13.7. The van der Waals surface area contributed by atoms with E-state index in [1.54, 1.807) is 10.8 Å². The lowest BCUT2D eigenvalue weighted by Gasteiger charge is -2.34. The van der Waals surface area contributed by atoms with E-state index in [9.17, 15) is 0 Å². The van der Waals surface area contributed by atoms with Crippen molar-refractivity contribution in [2.45, 2.75) is 32.8 Å². The first-order valence-corrected chi connectivity index (χ1v) is 9.67. The maximum Gasteiger partial charge on any atom is 0.180 e. The zero-order chi connectivity index (χ0) is 19.1. The number of hydrogen-bond acceptors (Lipinski definition) is 7. The molecule has 1 aromatic carbocycles. The highest BCUT2D eigenvalue weighted by Crippen LogP contribution is 2.34. The number of nitrogens with zero attached hydrogens (tertiary/aromatic N) is 5. The molecule has 0 unspecified atom stereocenters. The lowest BCUT2D eigenvalue weighted by molar-refractivity contribution is 0.159. The minimum atomic E-state index is 0.179. The van der Waals surface area contributed by atoms with E-state index < -0.39 is 0 Å². The number of hydrogen-bond donors (Lipinski definition) is 0. The Bertz CT molecular complexity index is 1010. The summed E-state index contributed by atoms with van der Waals surface area (Å²) in [6.45, 7) is 7.15. The molecule has 0 aliphatic carbocycles. The molecule has 1 fully saturated rings. The molecule has 4 heterocycles. The quantitative estimate of drug-likeness (QED) is 0.690. The van der Waals surface area contributed by atoms with E-state index in [-0.39, 0.29) is 6.10 Å². The second kappa shape index (κ2) is 6.85. The van der Waals surface area contributed by atoms with E-state index in [1.807, 2.05) is 18.2 Å². The van der Waals surface area contributed by atoms with E-state index in [2.05, 4.69) is 28.9 Å². The maximum atomic E-state index is 6.21. The van der Waals surface area contributed by atoms with E-state index in [0.717, 1.165) is 65.8 Å². The van der Waals surface area contributed by atoms with Gasteiger partial charge in [0.05, 0.1) is 0 Å². The van der Waals surface area contributed by atoms with Gasteiger partial charge in [-0.2, -0.15) is 4.52 Å². The molecule has 2 aliphatic heterocycles. The first kappa shape index (κ1) is 17.1. The van der Waals surface area contributed by atoms with Gasteiger partial charge in [0.1, 0.15) is 31.4 Å². The molecule has 0 atom stereocenters. The molecule has 8 heteroatoms. The van der Waals surface area contributed by atoms with Crippen molar-refractivity contribution in [3.05, 3.63) is 35.7 Å². The van der Waals surface area contributed by atoms with Crippen molar-refractivity contribution in [1.29, 1.82) is 0 Å². The molecule has 2 aromatic heterocycles. The largest absolute Gasteiger partial charge is 0.490 e. The predicted octanol–water partition coefficient (Wildman–Crippen LogP) is 2.56. The number of benzene rings is 1. The van der Waals surface area contributed by atoms with Crippen LogP contribution in [-0.2, 0) is 0 Å². The minimum Gasteiger partial charge on any atom is -0.490 e. The van der Waals surface area contributed by atoms with Crippen LogP contribution in [0.15, 0.2) is 24.5 Å². The molecule has 28 heavy (non-hydrogen) atoms. The average Bonchev–Trinajstić information content (AvgIpc) is 3.20. The van der Waals surface area contributed by atoms with Gasteiger partial charge < -0.3 is 19.1 Å². The Kier molecular flexibility index (Phi) is 4.18. The topological polar surface area (TPSA) is 74.0 Å². The molecule has 8 nitrogen and oxygen atoms in total. The van der Waals surface area contributed by atoms with Gasteiger partial charge in [0.2, 0.25) is 0 Å². The van der Waals surface area contributed by atoms with Gasteiger partial charge in [0, 0.05) is 43.1 Å². The molecule has 2 aliphatic rings. The number of aryl methyl sites for hydroxylation is 1. The van der Waals surface area contributed by atoms with Crippen molar-refractivity contribution in [1.82, 2.24) is 19.8 Å². The van der Waals surface area contributed by atoms with Gasteiger partial charge in [-0.1, -0.05) is 0 Å². The van der Waals surface area contributed by atoms with Gasteiger partial charge in [-0.25, -0.2) is 0 Å². The first-order valence-electron chi connectivity index (χ1n) is 9.67. The van der Waals surface area contributed by atoms with Gasteiger partial charge in [0.15, 0.2) is 23.0 Å². The summed E-state index contributed by atoms with van der Waals surface area (Å²) >= 11 is 0. The highest BCUT2D eigenvalue weighted by Gasteiger charge is 2.24. The molecule has 5 rings (SSSR count). The van der Waals surface area contributed by atoms with Gasteiger partial charge in [-0.05, 0) is 26.0 Å². The molecule has 0 saturated carbocycles. The summed E-state index contributed by atoms with van der Waals surface area (Å²) in [5.74, 6) is 3.38. The van der Waals surface area contributed by atoms with E-state index in [0.29, 0.717) is 13.2 Å². The highest BCUT2D eigenvalue weighted by atomic mass is 16.6. The molecule has 0 spiro atoms. The van der Waals surface area contributed by atoms with Crippen LogP contribution in [0.25, 0.3) is 5.65 Å². The minimum absolute atomic E-state index is 0.179. The van der Waals surface area contributed by atoms with Crippen LogP contribution < -0.4 is 19.1 Å². The van der Waals surface area contributed by atoms with E-state index in [4.69, 9.17) is 19.3 Å². The summed E-state index contributed by atoms with van der Waals surface area (Å²) in [4.78, 5) is 2.32. The molecule has 0 N–H and O–H groups in total. The molecule has 146 valence electrons. The summed E-state index contributed by atoms with van der Waals surface area (Å²) < 4.78 is 19.2. The van der Waals surface area contributed by atoms with Crippen LogP contribution >= 0.6 is 0 Å². The lowest BCUT2D eigenvalue weighted by atomic mass is 10.1. The zero-order valence-corrected chi connectivity index (χ0v) is 16.1. The fourth-order valence-electron chi connectivity index (χ4n) is 3.84. The third-order valence-corrected chi connectivity index (χ3v) is 5.52. The van der Waals surface area contributed by atoms with Crippen LogP contribution in [0.4, 0.5) is 5.82 Å². The fourth-order valence-corrected chi connectivity index (χ4v) is 3.84. The van der Waals surface area contributed by atoms with Gasteiger partial charge in [-0.3, -0.25) is 0 Å². The van der Waals surface area contributed by atoms with Crippen LogP contribution in [0, 0.1) is 13.8 Å². The smallest absolute Gasteiger partial charge is 0.180 e. The van der Waals surface area contributed by atoms with Crippen LogP contribution in [0.3, 0.4) is 0 Å². The number of rotatable bonds is 3. The average molecular weight is 381 g/mol. The van der Waals surface area contributed by atoms with E-state index >= 15 is 0 Å². The number of piperidine rings is 1. The normalized spacial score (nSPS) is 17.1. The summed E-state index contributed by atoms with van der Waals surface area (Å²) in [6.07, 6.45) is 3.71. The van der Waals surface area contributed by atoms with Crippen LogP contribution in [-0.4, -0.2) is 52.2 Å². The predicted molar refractivity (Wildman–Crippen MR) is 104 cm³/mol. The second-order valence-electron chi connectivity index (χ2n) is 7.28. The third-order valence-electron chi connectivity index (χ3n) is 5.52. The Morgan fingerprint density at radius 3 is 2.64 bits per heavy atom. The Morgan fingerprint density at radius 2 is 1.82 bits per heavy atom. The van der Waals surface area contributed by atoms with Crippen LogP contribution in [0.5, 0.6) is 17.2 Å². The Morgan fingerprint density at radius 1 is 1.04 bits per heavy atom. The van der Waals surface area contributed by atoms with Crippen LogP contribution in [0.1, 0.15) is 24.0 Å². The summed E-state index contributed by atoms with van der Waals surface area (Å²) in [5, 5.41) is 12.8. The highest BCUT2D eigenvalue weighted by molar-refractivity contribution is 5.58. The third kappa shape index (κ3) is 2.98. The summed E-state index contributed by atoms with van der Waals surface area (Å²) in [5.41, 5.74) is 3.10. The number of fused-ring (bicyclic) bond motifs is 2.